The summed E-state index contributed by atoms with van der Waals surface area (Å²) in [6.07, 6.45) is 4.86. The van der Waals surface area contributed by atoms with Crippen LogP contribution < -0.4 is 11.5 Å². The van der Waals surface area contributed by atoms with Gasteiger partial charge in [-0.2, -0.15) is 0 Å². The first-order chi connectivity index (χ1) is 8.08. The second kappa shape index (κ2) is 3.31. The van der Waals surface area contributed by atoms with Gasteiger partial charge in [0.05, 0.1) is 6.10 Å². The van der Waals surface area contributed by atoms with E-state index in [1.54, 1.807) is 6.08 Å². The van der Waals surface area contributed by atoms with E-state index in [9.17, 15) is 5.11 Å². The molecule has 3 rings (SSSR count). The van der Waals surface area contributed by atoms with Crippen molar-refractivity contribution in [2.75, 3.05) is 0 Å². The maximum Gasteiger partial charge on any atom is 0.213 e. The zero-order chi connectivity index (χ0) is 12.0. The van der Waals surface area contributed by atoms with Crippen LogP contribution >= 0.6 is 0 Å². The molecule has 0 bridgehead atoms. The average molecular weight is 232 g/mol. The number of hydrogen-bond acceptors (Lipinski definition) is 7. The number of amidine groups is 2. The fraction of sp³-hybridized carbons (Fsp3) is 0.400. The van der Waals surface area contributed by atoms with Crippen LogP contribution in [0.2, 0.25) is 0 Å². The molecule has 0 saturated carbocycles. The van der Waals surface area contributed by atoms with Gasteiger partial charge in [-0.3, -0.25) is 5.73 Å². The van der Waals surface area contributed by atoms with Crippen LogP contribution in [-0.4, -0.2) is 40.7 Å². The molecule has 2 aliphatic heterocycles. The fourth-order valence-corrected chi connectivity index (χ4v) is 2.12. The monoisotopic (exact) mass is 232 g/mol. The number of rotatable bonds is 1. The Morgan fingerprint density at radius 1 is 1.35 bits per heavy atom. The van der Waals surface area contributed by atoms with Gasteiger partial charge in [0.2, 0.25) is 5.79 Å². The Morgan fingerprint density at radius 3 is 2.88 bits per heavy atom. The molecule has 17 heavy (non-hydrogen) atoms. The molecule has 1 aliphatic carbocycles. The third-order valence-corrected chi connectivity index (χ3v) is 3.01. The van der Waals surface area contributed by atoms with Crippen molar-refractivity contribution < 1.29 is 5.11 Å². The van der Waals surface area contributed by atoms with Crippen LogP contribution in [0, 0.1) is 5.92 Å². The second-order valence-corrected chi connectivity index (χ2v) is 4.23. The highest BCUT2D eigenvalue weighted by Gasteiger charge is 2.41. The van der Waals surface area contributed by atoms with Gasteiger partial charge < -0.3 is 10.8 Å². The molecular weight excluding hydrogens is 220 g/mol. The predicted molar refractivity (Wildman–Crippen MR) is 65.2 cm³/mol. The molecule has 7 heteroatoms. The zero-order valence-corrected chi connectivity index (χ0v) is 8.98. The number of fused-ring (bicyclic) bond motifs is 1. The van der Waals surface area contributed by atoms with Crippen LogP contribution in [0.1, 0.15) is 6.42 Å². The van der Waals surface area contributed by atoms with Crippen LogP contribution in [0.15, 0.2) is 32.1 Å². The highest BCUT2D eigenvalue weighted by molar-refractivity contribution is 6.70. The standard InChI is InChI=1S/C10H12N6O/c11-8-7-9(14-4-13-7)16-10(12,15-8)5-1-2-6(17)3-5/h1-2,4-6,17H,3,12H2,(H2,11,15)/t5?,6-,10?/m1/s1. The average Bonchev–Trinajstić information content (AvgIpc) is 2.86. The zero-order valence-electron chi connectivity index (χ0n) is 8.98. The van der Waals surface area contributed by atoms with Gasteiger partial charge in [-0.15, -0.1) is 0 Å². The molecule has 0 saturated heterocycles. The minimum atomic E-state index is -1.19. The van der Waals surface area contributed by atoms with Crippen molar-refractivity contribution in [1.29, 1.82) is 0 Å². The molecule has 3 atom stereocenters. The Balaban J connectivity index is 1.99. The number of hydrogen-bond donors (Lipinski definition) is 3. The quantitative estimate of drug-likeness (QED) is 0.491. The SMILES string of the molecule is NC1=NC(N)(C2C=C[C@@H](O)C2)N=C2N=CN=C12. The second-order valence-electron chi connectivity index (χ2n) is 4.23. The van der Waals surface area contributed by atoms with Crippen molar-refractivity contribution in [3.8, 4) is 0 Å². The molecule has 0 radical (unpaired) electrons. The van der Waals surface area contributed by atoms with E-state index in [1.165, 1.54) is 6.34 Å². The summed E-state index contributed by atoms with van der Waals surface area (Å²) in [4.78, 5) is 16.4. The van der Waals surface area contributed by atoms with Gasteiger partial charge >= 0.3 is 0 Å². The minimum absolute atomic E-state index is 0.180. The van der Waals surface area contributed by atoms with Crippen molar-refractivity contribution in [2.24, 2.45) is 37.4 Å². The van der Waals surface area contributed by atoms with E-state index in [-0.39, 0.29) is 11.8 Å². The number of nitrogens with zero attached hydrogens (tertiary/aromatic N) is 4. The molecule has 2 unspecified atom stereocenters. The fourth-order valence-electron chi connectivity index (χ4n) is 2.12. The summed E-state index contributed by atoms with van der Waals surface area (Å²) in [5, 5.41) is 9.47. The predicted octanol–water partition coefficient (Wildman–Crippen LogP) is -1.21. The van der Waals surface area contributed by atoms with Crippen molar-refractivity contribution in [3.05, 3.63) is 12.2 Å². The summed E-state index contributed by atoms with van der Waals surface area (Å²) in [6, 6.07) is 0. The lowest BCUT2D eigenvalue weighted by atomic mass is 9.99. The third kappa shape index (κ3) is 1.51. The molecule has 0 amide bonds. The van der Waals surface area contributed by atoms with Crippen molar-refractivity contribution in [3.63, 3.8) is 0 Å². The van der Waals surface area contributed by atoms with E-state index in [4.69, 9.17) is 11.5 Å². The summed E-state index contributed by atoms with van der Waals surface area (Å²) < 4.78 is 0. The van der Waals surface area contributed by atoms with Gasteiger partial charge in [0.25, 0.3) is 0 Å². The van der Waals surface area contributed by atoms with Crippen LogP contribution in [0.3, 0.4) is 0 Å². The molecule has 0 fully saturated rings. The molecule has 0 aromatic carbocycles. The first-order valence-corrected chi connectivity index (χ1v) is 5.30. The number of aliphatic hydroxyl groups is 1. The highest BCUT2D eigenvalue weighted by atomic mass is 16.3. The Labute approximate surface area is 97.4 Å². The first-order valence-electron chi connectivity index (χ1n) is 5.30. The van der Waals surface area contributed by atoms with Gasteiger partial charge in [-0.05, 0) is 6.42 Å². The summed E-state index contributed by atoms with van der Waals surface area (Å²) >= 11 is 0. The number of aliphatic hydroxyl groups excluding tert-OH is 1. The van der Waals surface area contributed by atoms with Crippen molar-refractivity contribution in [2.45, 2.75) is 18.3 Å². The molecule has 0 spiro atoms. The molecular formula is C10H12N6O. The molecule has 5 N–H and O–H groups in total. The van der Waals surface area contributed by atoms with Crippen molar-refractivity contribution in [1.82, 2.24) is 0 Å². The Hall–Kier alpha value is -1.86. The van der Waals surface area contributed by atoms with Gasteiger partial charge in [-0.25, -0.2) is 20.0 Å². The van der Waals surface area contributed by atoms with Gasteiger partial charge in [0.15, 0.2) is 17.4 Å². The largest absolute Gasteiger partial charge is 0.389 e. The smallest absolute Gasteiger partial charge is 0.213 e. The number of aliphatic imine (C=N–C) groups is 4. The van der Waals surface area contributed by atoms with Crippen molar-refractivity contribution >= 4 is 23.7 Å². The van der Waals surface area contributed by atoms with E-state index in [0.717, 1.165) is 0 Å². The maximum absolute atomic E-state index is 9.47. The maximum atomic E-state index is 9.47. The molecule has 3 aliphatic rings. The molecule has 0 aromatic rings. The Morgan fingerprint density at radius 2 is 2.18 bits per heavy atom. The summed E-state index contributed by atoms with van der Waals surface area (Å²) in [5.74, 6) is -0.714. The van der Waals surface area contributed by atoms with Crippen LogP contribution in [0.4, 0.5) is 0 Å². The Kier molecular flexibility index (Phi) is 2.01. The van der Waals surface area contributed by atoms with E-state index >= 15 is 0 Å². The lowest BCUT2D eigenvalue weighted by Gasteiger charge is -2.29. The highest BCUT2D eigenvalue weighted by Crippen LogP contribution is 2.31. The first kappa shape index (κ1) is 10.3. The molecule has 2 heterocycles. The normalized spacial score (nSPS) is 38.8. The number of nitrogens with two attached hydrogens (primary N) is 2. The van der Waals surface area contributed by atoms with E-state index < -0.39 is 11.9 Å². The molecule has 7 nitrogen and oxygen atoms in total. The lowest BCUT2D eigenvalue weighted by molar-refractivity contribution is 0.189. The molecule has 0 aromatic heterocycles. The van der Waals surface area contributed by atoms with Crippen LogP contribution in [-0.2, 0) is 0 Å². The van der Waals surface area contributed by atoms with E-state index in [2.05, 4.69) is 20.0 Å². The topological polar surface area (TPSA) is 122 Å². The van der Waals surface area contributed by atoms with E-state index in [0.29, 0.717) is 18.0 Å². The summed E-state index contributed by atoms with van der Waals surface area (Å²) in [5.41, 5.74) is 12.4. The van der Waals surface area contributed by atoms with Crippen LogP contribution in [0.25, 0.3) is 0 Å². The lowest BCUT2D eigenvalue weighted by Crippen LogP contribution is -2.50. The Bertz CT molecular complexity index is 517. The minimum Gasteiger partial charge on any atom is -0.389 e. The van der Waals surface area contributed by atoms with Gasteiger partial charge in [-0.1, -0.05) is 12.2 Å². The summed E-state index contributed by atoms with van der Waals surface area (Å²) in [6.45, 7) is 0. The third-order valence-electron chi connectivity index (χ3n) is 3.01. The van der Waals surface area contributed by atoms with Gasteiger partial charge in [0, 0.05) is 5.92 Å². The summed E-state index contributed by atoms with van der Waals surface area (Å²) in [7, 11) is 0. The van der Waals surface area contributed by atoms with Crippen LogP contribution in [0.5, 0.6) is 0 Å². The van der Waals surface area contributed by atoms with Gasteiger partial charge in [0.1, 0.15) is 6.34 Å². The molecule has 88 valence electrons. The van der Waals surface area contributed by atoms with E-state index in [1.807, 2.05) is 6.08 Å².